The van der Waals surface area contributed by atoms with Crippen LogP contribution in [0.2, 0.25) is 0 Å². The summed E-state index contributed by atoms with van der Waals surface area (Å²) in [6.07, 6.45) is 13.1. The monoisotopic (exact) mass is 513 g/mol. The largest absolute Gasteiger partial charge is 2.00 e. The molecule has 0 aromatic carbocycles. The zero-order valence-electron chi connectivity index (χ0n) is 15.2. The molecule has 3 heteroatoms. The van der Waals surface area contributed by atoms with Gasteiger partial charge in [-0.2, -0.15) is 9.49 Å². The summed E-state index contributed by atoms with van der Waals surface area (Å²) in [5.41, 5.74) is 0. The minimum atomic E-state index is 0. The van der Waals surface area contributed by atoms with Gasteiger partial charge in [-0.3, -0.25) is 0 Å². The molecule has 0 aromatic rings. The third kappa shape index (κ3) is 34.0. The third-order valence-corrected chi connectivity index (χ3v) is 3.67. The first-order chi connectivity index (χ1) is 9.12. The van der Waals surface area contributed by atoms with Crippen LogP contribution in [0.1, 0.15) is 106 Å². The van der Waals surface area contributed by atoms with Crippen molar-refractivity contribution in [1.82, 2.24) is 0 Å². The summed E-state index contributed by atoms with van der Waals surface area (Å²) < 4.78 is 0.265. The first kappa shape index (κ1) is 27.2. The van der Waals surface area contributed by atoms with Gasteiger partial charge in [0.05, 0.1) is 0 Å². The van der Waals surface area contributed by atoms with Gasteiger partial charge in [-0.05, 0) is 0 Å². The molecule has 0 fully saturated rings. The van der Waals surface area contributed by atoms with Crippen molar-refractivity contribution in [3.8, 4) is 0 Å². The predicted molar refractivity (Wildman–Crippen MR) is 100 cm³/mol. The molecule has 0 saturated heterocycles. The Bertz CT molecular complexity index is 170. The minimum Gasteiger partial charge on any atom is -0.786 e. The van der Waals surface area contributed by atoms with Gasteiger partial charge in [0.25, 0.3) is 0 Å². The molecule has 0 unspecified atom stereocenters. The molecule has 0 amide bonds. The van der Waals surface area contributed by atoms with Crippen molar-refractivity contribution < 1.29 is 21.1 Å². The Labute approximate surface area is 161 Å². The predicted octanol–water partition coefficient (Wildman–Crippen LogP) is 6.56. The molecule has 21 heavy (non-hydrogen) atoms. The van der Waals surface area contributed by atoms with E-state index in [1.54, 1.807) is 0 Å². The van der Waals surface area contributed by atoms with Gasteiger partial charge in [0.15, 0.2) is 0 Å². The van der Waals surface area contributed by atoms with Crippen molar-refractivity contribution >= 4 is 25.3 Å². The van der Waals surface area contributed by atoms with E-state index < -0.39 is 0 Å². The Balaban J connectivity index is -0.000000295. The van der Waals surface area contributed by atoms with E-state index in [0.717, 1.165) is 0 Å². The summed E-state index contributed by atoms with van der Waals surface area (Å²) in [4.78, 5) is 0. The number of hydrogen-bond donors (Lipinski definition) is 0. The quantitative estimate of drug-likeness (QED) is 0.240. The second-order valence-electron chi connectivity index (χ2n) is 7.14. The van der Waals surface area contributed by atoms with E-state index in [1.165, 1.54) is 64.2 Å². The number of rotatable bonds is 10. The van der Waals surface area contributed by atoms with Crippen LogP contribution in [0.3, 0.4) is 0 Å². The van der Waals surface area contributed by atoms with E-state index in [1.807, 2.05) is 0 Å². The van der Waals surface area contributed by atoms with Gasteiger partial charge in [-0.15, -0.1) is 0 Å². The Morgan fingerprint density at radius 1 is 0.571 bits per heavy atom. The Hall–Kier alpha value is 1.39. The fourth-order valence-electron chi connectivity index (χ4n) is 1.95. The van der Waals surface area contributed by atoms with E-state index in [4.69, 9.17) is 25.3 Å². The molecule has 0 nitrogen and oxygen atoms in total. The van der Waals surface area contributed by atoms with Crippen LogP contribution < -0.4 is 0 Å². The average Bonchev–Trinajstić information content (AvgIpc) is 2.29. The van der Waals surface area contributed by atoms with Crippen LogP contribution in [-0.4, -0.2) is 9.49 Å². The Morgan fingerprint density at radius 2 is 0.857 bits per heavy atom. The maximum atomic E-state index is 5.23. The molecule has 0 N–H and O–H groups in total. The van der Waals surface area contributed by atoms with E-state index in [9.17, 15) is 0 Å². The average molecular weight is 514 g/mol. The standard InChI is InChI=1S/2C9H20S.Pt/c2*1-4-5-6-7-8-9(2,3)10;/h2*10H,4-8H2,1-3H3;/q;;+2/p-2. The van der Waals surface area contributed by atoms with Crippen LogP contribution in [0.25, 0.3) is 0 Å². The molecular weight excluding hydrogens is 475 g/mol. The first-order valence-electron chi connectivity index (χ1n) is 8.53. The van der Waals surface area contributed by atoms with Crippen LogP contribution in [0.15, 0.2) is 0 Å². The maximum absolute atomic E-state index is 5.23. The fourth-order valence-corrected chi connectivity index (χ4v) is 2.24. The van der Waals surface area contributed by atoms with Gasteiger partial charge >= 0.3 is 21.1 Å². The Morgan fingerprint density at radius 3 is 1.05 bits per heavy atom. The van der Waals surface area contributed by atoms with E-state index in [-0.39, 0.29) is 30.6 Å². The molecule has 0 atom stereocenters. The molecule has 0 heterocycles. The van der Waals surface area contributed by atoms with Gasteiger partial charge in [-0.1, -0.05) is 106 Å². The zero-order chi connectivity index (χ0) is 16.1. The smallest absolute Gasteiger partial charge is 0.786 e. The fraction of sp³-hybridized carbons (Fsp3) is 1.00. The van der Waals surface area contributed by atoms with Gasteiger partial charge in [0, 0.05) is 0 Å². The molecule has 0 aliphatic heterocycles. The molecule has 0 aromatic heterocycles. The van der Waals surface area contributed by atoms with Crippen molar-refractivity contribution in [3.63, 3.8) is 0 Å². The molecule has 0 spiro atoms. The van der Waals surface area contributed by atoms with Gasteiger partial charge in [0.2, 0.25) is 0 Å². The van der Waals surface area contributed by atoms with Crippen LogP contribution in [0.5, 0.6) is 0 Å². The number of unbranched alkanes of at least 4 members (excludes halogenated alkanes) is 6. The summed E-state index contributed by atoms with van der Waals surface area (Å²) in [6.45, 7) is 13.0. The molecule has 0 aliphatic carbocycles. The molecular formula is C18H38PtS2. The minimum absolute atomic E-state index is 0. The summed E-state index contributed by atoms with van der Waals surface area (Å²) in [5.74, 6) is 0. The molecule has 0 rings (SSSR count). The van der Waals surface area contributed by atoms with Gasteiger partial charge in [0.1, 0.15) is 0 Å². The van der Waals surface area contributed by atoms with Crippen LogP contribution in [0, 0.1) is 0 Å². The zero-order valence-corrected chi connectivity index (χ0v) is 19.1. The van der Waals surface area contributed by atoms with Gasteiger partial charge < -0.3 is 25.3 Å². The molecule has 0 bridgehead atoms. The van der Waals surface area contributed by atoms with Gasteiger partial charge in [-0.25, -0.2) is 0 Å². The molecule has 0 saturated carbocycles. The molecule has 132 valence electrons. The number of hydrogen-bond acceptors (Lipinski definition) is 2. The maximum Gasteiger partial charge on any atom is 2.00 e. The van der Waals surface area contributed by atoms with Crippen molar-refractivity contribution in [1.29, 1.82) is 0 Å². The van der Waals surface area contributed by atoms with Crippen molar-refractivity contribution in [2.45, 2.75) is 115 Å². The van der Waals surface area contributed by atoms with Crippen molar-refractivity contribution in [2.24, 2.45) is 0 Å². The summed E-state index contributed by atoms with van der Waals surface area (Å²) in [5, 5.41) is 0. The van der Waals surface area contributed by atoms with E-state index in [0.29, 0.717) is 0 Å². The molecule has 0 aliphatic rings. The van der Waals surface area contributed by atoms with Crippen LogP contribution in [0.4, 0.5) is 0 Å². The van der Waals surface area contributed by atoms with Crippen molar-refractivity contribution in [3.05, 3.63) is 0 Å². The van der Waals surface area contributed by atoms with E-state index >= 15 is 0 Å². The van der Waals surface area contributed by atoms with Crippen molar-refractivity contribution in [2.75, 3.05) is 0 Å². The normalized spacial score (nSPS) is 11.4. The molecule has 0 radical (unpaired) electrons. The second-order valence-corrected chi connectivity index (χ2v) is 9.35. The summed E-state index contributed by atoms with van der Waals surface area (Å²) >= 11 is 10.5. The first-order valence-corrected chi connectivity index (χ1v) is 9.35. The van der Waals surface area contributed by atoms with E-state index in [2.05, 4.69) is 41.5 Å². The third-order valence-electron chi connectivity index (χ3n) is 3.26. The second kappa shape index (κ2) is 16.3. The Kier molecular flexibility index (Phi) is 21.1. The topological polar surface area (TPSA) is 0 Å². The summed E-state index contributed by atoms with van der Waals surface area (Å²) in [7, 11) is 0. The summed E-state index contributed by atoms with van der Waals surface area (Å²) in [6, 6.07) is 0. The van der Waals surface area contributed by atoms with Crippen LogP contribution >= 0.6 is 0 Å². The SMILES string of the molecule is CCCCCCC(C)(C)[S-].CCCCCCC(C)(C)[S-].[Pt+2]. The van der Waals surface area contributed by atoms with Crippen LogP contribution in [-0.2, 0) is 46.3 Å².